The molecule has 0 fully saturated rings. The molecule has 1 aromatic heterocycles. The van der Waals surface area contributed by atoms with Crippen LogP contribution in [0.4, 0.5) is 8.78 Å². The Labute approximate surface area is 102 Å². The van der Waals surface area contributed by atoms with E-state index in [9.17, 15) is 8.78 Å². The second-order valence-electron chi connectivity index (χ2n) is 3.34. The lowest BCUT2D eigenvalue weighted by molar-refractivity contribution is 0.436. The lowest BCUT2D eigenvalue weighted by Crippen LogP contribution is -1.91. The lowest BCUT2D eigenvalue weighted by Gasteiger charge is -2.07. The highest BCUT2D eigenvalue weighted by Gasteiger charge is 2.06. The van der Waals surface area contributed by atoms with Gasteiger partial charge in [0.15, 0.2) is 11.6 Å². The topological polar surface area (TPSA) is 22.1 Å². The van der Waals surface area contributed by atoms with E-state index in [1.165, 1.54) is 12.3 Å². The van der Waals surface area contributed by atoms with Crippen molar-refractivity contribution in [3.05, 3.63) is 53.9 Å². The Morgan fingerprint density at radius 2 is 2.00 bits per heavy atom. The molecule has 88 valence electrons. The molecular weight excluding hydrogens is 248 g/mol. The minimum atomic E-state index is -0.763. The molecule has 1 heterocycles. The highest BCUT2D eigenvalue weighted by molar-refractivity contribution is 6.17. The molecule has 0 N–H and O–H groups in total. The van der Waals surface area contributed by atoms with E-state index in [1.807, 2.05) is 0 Å². The summed E-state index contributed by atoms with van der Waals surface area (Å²) in [4.78, 5) is 3.89. The summed E-state index contributed by atoms with van der Waals surface area (Å²) in [6, 6.07) is 4.74. The normalized spacial score (nSPS) is 10.3. The first-order valence-electron chi connectivity index (χ1n) is 4.82. The second-order valence-corrected chi connectivity index (χ2v) is 3.61. The summed E-state index contributed by atoms with van der Waals surface area (Å²) in [6.45, 7) is 0. The molecule has 2 nitrogen and oxygen atoms in total. The molecule has 0 bridgehead atoms. The monoisotopic (exact) mass is 255 g/mol. The third-order valence-electron chi connectivity index (χ3n) is 2.05. The Balaban J connectivity index is 2.25. The maximum atomic E-state index is 13.3. The number of hydrogen-bond acceptors (Lipinski definition) is 2. The number of halogens is 3. The second kappa shape index (κ2) is 5.10. The molecule has 2 rings (SSSR count). The first kappa shape index (κ1) is 11.8. The van der Waals surface area contributed by atoms with E-state index in [0.717, 1.165) is 17.7 Å². The van der Waals surface area contributed by atoms with Gasteiger partial charge in [0, 0.05) is 18.1 Å². The van der Waals surface area contributed by atoms with Crippen LogP contribution in [-0.4, -0.2) is 4.98 Å². The van der Waals surface area contributed by atoms with Gasteiger partial charge in [0.25, 0.3) is 0 Å². The molecule has 0 saturated carbocycles. The number of hydrogen-bond donors (Lipinski definition) is 0. The summed E-state index contributed by atoms with van der Waals surface area (Å²) in [6.07, 6.45) is 3.01. The molecule has 17 heavy (non-hydrogen) atoms. The number of pyridine rings is 1. The van der Waals surface area contributed by atoms with Gasteiger partial charge in [-0.3, -0.25) is 4.98 Å². The molecule has 0 amide bonds. The molecule has 0 aliphatic rings. The maximum absolute atomic E-state index is 13.3. The van der Waals surface area contributed by atoms with Gasteiger partial charge < -0.3 is 4.74 Å². The van der Waals surface area contributed by atoms with Crippen LogP contribution in [0.5, 0.6) is 11.5 Å². The van der Waals surface area contributed by atoms with Crippen LogP contribution in [0.2, 0.25) is 0 Å². The number of ether oxygens (including phenoxy) is 1. The van der Waals surface area contributed by atoms with Crippen LogP contribution >= 0.6 is 11.6 Å². The van der Waals surface area contributed by atoms with Gasteiger partial charge in [0.1, 0.15) is 11.6 Å². The van der Waals surface area contributed by atoms with Gasteiger partial charge in [-0.2, -0.15) is 0 Å². The van der Waals surface area contributed by atoms with Gasteiger partial charge in [-0.05, 0) is 23.8 Å². The molecule has 0 atom stereocenters. The van der Waals surface area contributed by atoms with Crippen molar-refractivity contribution in [2.75, 3.05) is 0 Å². The van der Waals surface area contributed by atoms with Crippen molar-refractivity contribution in [3.63, 3.8) is 0 Å². The highest BCUT2D eigenvalue weighted by atomic mass is 35.5. The molecule has 5 heteroatoms. The molecule has 0 aliphatic heterocycles. The van der Waals surface area contributed by atoms with Crippen LogP contribution in [0.25, 0.3) is 0 Å². The summed E-state index contributed by atoms with van der Waals surface area (Å²) >= 11 is 5.63. The predicted molar refractivity (Wildman–Crippen MR) is 60.2 cm³/mol. The standard InChI is InChI=1S/C12H8ClF2NO/c13-5-8-3-10(7-16-6-8)17-12-2-1-9(14)4-11(12)15/h1-4,6-7H,5H2. The summed E-state index contributed by atoms with van der Waals surface area (Å²) in [7, 11) is 0. The fourth-order valence-corrected chi connectivity index (χ4v) is 1.42. The van der Waals surface area contributed by atoms with Crippen LogP contribution in [0.3, 0.4) is 0 Å². The third kappa shape index (κ3) is 2.91. The predicted octanol–water partition coefficient (Wildman–Crippen LogP) is 3.89. The molecule has 0 radical (unpaired) electrons. The van der Waals surface area contributed by atoms with E-state index in [0.29, 0.717) is 5.75 Å². The minimum Gasteiger partial charge on any atom is -0.453 e. The van der Waals surface area contributed by atoms with E-state index < -0.39 is 11.6 Å². The van der Waals surface area contributed by atoms with Gasteiger partial charge in [-0.1, -0.05) is 0 Å². The fraction of sp³-hybridized carbons (Fsp3) is 0.0833. The Morgan fingerprint density at radius 1 is 1.18 bits per heavy atom. The zero-order chi connectivity index (χ0) is 12.3. The van der Waals surface area contributed by atoms with E-state index in [4.69, 9.17) is 16.3 Å². The van der Waals surface area contributed by atoms with Crippen molar-refractivity contribution in [2.45, 2.75) is 5.88 Å². The number of nitrogens with zero attached hydrogens (tertiary/aromatic N) is 1. The molecular formula is C12H8ClF2NO. The van der Waals surface area contributed by atoms with Crippen LogP contribution in [0.1, 0.15) is 5.56 Å². The smallest absolute Gasteiger partial charge is 0.168 e. The summed E-state index contributed by atoms with van der Waals surface area (Å²) in [5.41, 5.74) is 0.756. The van der Waals surface area contributed by atoms with Crippen molar-refractivity contribution in [2.24, 2.45) is 0 Å². The van der Waals surface area contributed by atoms with Crippen LogP contribution in [-0.2, 0) is 5.88 Å². The van der Waals surface area contributed by atoms with Gasteiger partial charge in [-0.25, -0.2) is 8.78 Å². The Kier molecular flexibility index (Phi) is 3.54. The van der Waals surface area contributed by atoms with Crippen LogP contribution < -0.4 is 4.74 Å². The van der Waals surface area contributed by atoms with Crippen molar-refractivity contribution >= 4 is 11.6 Å². The van der Waals surface area contributed by atoms with Crippen LogP contribution in [0, 0.1) is 11.6 Å². The van der Waals surface area contributed by atoms with E-state index >= 15 is 0 Å². The van der Waals surface area contributed by atoms with Gasteiger partial charge in [0.2, 0.25) is 0 Å². The van der Waals surface area contributed by atoms with Crippen LogP contribution in [0.15, 0.2) is 36.7 Å². The molecule has 0 aliphatic carbocycles. The molecule has 2 aromatic rings. The van der Waals surface area contributed by atoms with Gasteiger partial charge in [0.05, 0.1) is 6.20 Å². The molecule has 0 spiro atoms. The van der Waals surface area contributed by atoms with Crippen molar-refractivity contribution < 1.29 is 13.5 Å². The number of rotatable bonds is 3. The summed E-state index contributed by atoms with van der Waals surface area (Å²) in [5.74, 6) is -0.826. The first-order chi connectivity index (χ1) is 8.19. The molecule has 0 unspecified atom stereocenters. The van der Waals surface area contributed by atoms with E-state index in [2.05, 4.69) is 4.98 Å². The minimum absolute atomic E-state index is 0.0556. The number of benzene rings is 1. The van der Waals surface area contributed by atoms with E-state index in [-0.39, 0.29) is 11.6 Å². The number of alkyl halides is 1. The molecule has 0 saturated heterocycles. The van der Waals surface area contributed by atoms with Crippen molar-refractivity contribution in [3.8, 4) is 11.5 Å². The molecule has 1 aromatic carbocycles. The average molecular weight is 256 g/mol. The zero-order valence-corrected chi connectivity index (χ0v) is 9.42. The van der Waals surface area contributed by atoms with Crippen molar-refractivity contribution in [1.29, 1.82) is 0 Å². The zero-order valence-electron chi connectivity index (χ0n) is 8.66. The van der Waals surface area contributed by atoms with E-state index in [1.54, 1.807) is 12.3 Å². The quantitative estimate of drug-likeness (QED) is 0.776. The lowest BCUT2D eigenvalue weighted by atomic mass is 10.3. The maximum Gasteiger partial charge on any atom is 0.168 e. The first-order valence-corrected chi connectivity index (χ1v) is 5.35. The fourth-order valence-electron chi connectivity index (χ4n) is 1.28. The van der Waals surface area contributed by atoms with Gasteiger partial charge in [-0.15, -0.1) is 11.6 Å². The number of aromatic nitrogens is 1. The Hall–Kier alpha value is -1.68. The Morgan fingerprint density at radius 3 is 2.71 bits per heavy atom. The highest BCUT2D eigenvalue weighted by Crippen LogP contribution is 2.25. The van der Waals surface area contributed by atoms with Gasteiger partial charge >= 0.3 is 0 Å². The largest absolute Gasteiger partial charge is 0.453 e. The summed E-state index contributed by atoms with van der Waals surface area (Å²) in [5, 5.41) is 0. The average Bonchev–Trinajstić information content (AvgIpc) is 2.33. The third-order valence-corrected chi connectivity index (χ3v) is 2.35. The Bertz CT molecular complexity index is 534. The SMILES string of the molecule is Fc1ccc(Oc2cncc(CCl)c2)c(F)c1. The van der Waals surface area contributed by atoms with Crippen molar-refractivity contribution in [1.82, 2.24) is 4.98 Å². The summed E-state index contributed by atoms with van der Waals surface area (Å²) < 4.78 is 31.2.